The van der Waals surface area contributed by atoms with E-state index >= 15 is 0 Å². The average molecular weight is 389 g/mol. The van der Waals surface area contributed by atoms with Crippen LogP contribution in [0.2, 0.25) is 0 Å². The molecule has 1 amide bonds. The second kappa shape index (κ2) is 20.0. The van der Waals surface area contributed by atoms with E-state index in [0.29, 0.717) is 6.42 Å². The van der Waals surface area contributed by atoms with Gasteiger partial charge in [0.15, 0.2) is 0 Å². The SMILES string of the molecule is CCCCCCCCC=CCCCCCCCC(N)=O.[Ag]. The number of allylic oxidation sites excluding steroid dienone is 2. The normalized spacial score (nSPS) is 10.7. The van der Waals surface area contributed by atoms with Crippen molar-refractivity contribution in [1.29, 1.82) is 0 Å². The first-order valence-corrected chi connectivity index (χ1v) is 8.70. The van der Waals surface area contributed by atoms with Gasteiger partial charge in [0.2, 0.25) is 5.91 Å². The summed E-state index contributed by atoms with van der Waals surface area (Å²) in [6, 6.07) is 0. The number of rotatable bonds is 15. The molecule has 0 atom stereocenters. The summed E-state index contributed by atoms with van der Waals surface area (Å²) >= 11 is 0. The predicted molar refractivity (Wildman–Crippen MR) is 88.6 cm³/mol. The summed E-state index contributed by atoms with van der Waals surface area (Å²) in [6.45, 7) is 2.26. The van der Waals surface area contributed by atoms with Crippen LogP contribution in [0.15, 0.2) is 12.2 Å². The largest absolute Gasteiger partial charge is 0.370 e. The molecule has 21 heavy (non-hydrogen) atoms. The number of carbonyl (C=O) groups excluding carboxylic acids is 1. The van der Waals surface area contributed by atoms with Gasteiger partial charge in [-0.05, 0) is 32.1 Å². The van der Waals surface area contributed by atoms with Crippen LogP contribution >= 0.6 is 0 Å². The van der Waals surface area contributed by atoms with Gasteiger partial charge < -0.3 is 5.73 Å². The van der Waals surface area contributed by atoms with Crippen LogP contribution in [0.5, 0.6) is 0 Å². The molecule has 0 unspecified atom stereocenters. The van der Waals surface area contributed by atoms with Crippen molar-refractivity contribution in [1.82, 2.24) is 0 Å². The third-order valence-corrected chi connectivity index (χ3v) is 3.68. The standard InChI is InChI=1S/C18H35NO.Ag/c1-2-3-4-5-6-7-8-9-10-11-12-13-14-15-16-17-18(19)20;/h9-10H,2-8,11-17H2,1H3,(H2,19,20);. The van der Waals surface area contributed by atoms with Gasteiger partial charge in [-0.25, -0.2) is 0 Å². The van der Waals surface area contributed by atoms with Crippen molar-refractivity contribution in [2.45, 2.75) is 96.8 Å². The Bertz CT molecular complexity index is 241. The fraction of sp³-hybridized carbons (Fsp3) is 0.833. The summed E-state index contributed by atoms with van der Waals surface area (Å²) < 4.78 is 0. The topological polar surface area (TPSA) is 43.1 Å². The van der Waals surface area contributed by atoms with Crippen LogP contribution in [0.25, 0.3) is 0 Å². The number of unbranched alkanes of at least 4 members (excludes halogenated alkanes) is 11. The van der Waals surface area contributed by atoms with Crippen molar-refractivity contribution in [2.24, 2.45) is 5.73 Å². The molecular weight excluding hydrogens is 354 g/mol. The first-order valence-electron chi connectivity index (χ1n) is 8.70. The Kier molecular flexibility index (Phi) is 22.1. The first-order chi connectivity index (χ1) is 9.77. The number of hydrogen-bond donors (Lipinski definition) is 1. The summed E-state index contributed by atoms with van der Waals surface area (Å²) in [5.74, 6) is -0.164. The zero-order valence-corrected chi connectivity index (χ0v) is 15.3. The monoisotopic (exact) mass is 388 g/mol. The van der Waals surface area contributed by atoms with Gasteiger partial charge in [0.05, 0.1) is 0 Å². The summed E-state index contributed by atoms with van der Waals surface area (Å²) in [5, 5.41) is 0. The Labute approximate surface area is 147 Å². The molecule has 0 spiro atoms. The molecule has 1 radical (unpaired) electrons. The number of nitrogens with two attached hydrogens (primary N) is 1. The molecule has 2 nitrogen and oxygen atoms in total. The van der Waals surface area contributed by atoms with Crippen LogP contribution < -0.4 is 5.73 Å². The molecule has 0 fully saturated rings. The van der Waals surface area contributed by atoms with E-state index in [4.69, 9.17) is 5.73 Å². The smallest absolute Gasteiger partial charge is 0.217 e. The predicted octanol–water partition coefficient (Wildman–Crippen LogP) is 5.51. The molecule has 3 heteroatoms. The third-order valence-electron chi connectivity index (χ3n) is 3.68. The second-order valence-electron chi connectivity index (χ2n) is 5.80. The van der Waals surface area contributed by atoms with E-state index in [1.165, 1.54) is 70.6 Å². The van der Waals surface area contributed by atoms with E-state index in [-0.39, 0.29) is 28.3 Å². The van der Waals surface area contributed by atoms with Crippen molar-refractivity contribution in [2.75, 3.05) is 0 Å². The van der Waals surface area contributed by atoms with Gasteiger partial charge in [-0.1, -0.05) is 70.4 Å². The number of amides is 1. The van der Waals surface area contributed by atoms with Crippen molar-refractivity contribution in [3.05, 3.63) is 12.2 Å². The Morgan fingerprint density at radius 1 is 0.762 bits per heavy atom. The van der Waals surface area contributed by atoms with Gasteiger partial charge in [0, 0.05) is 28.8 Å². The van der Waals surface area contributed by atoms with E-state index < -0.39 is 0 Å². The fourth-order valence-corrected chi connectivity index (χ4v) is 2.37. The van der Waals surface area contributed by atoms with Crippen molar-refractivity contribution >= 4 is 5.91 Å². The Balaban J connectivity index is 0. The maximum atomic E-state index is 10.5. The zero-order chi connectivity index (χ0) is 14.9. The van der Waals surface area contributed by atoms with Gasteiger partial charge in [-0.15, -0.1) is 0 Å². The van der Waals surface area contributed by atoms with Crippen LogP contribution in [0, 0.1) is 0 Å². The molecule has 0 saturated carbocycles. The number of primary amides is 1. The Hall–Kier alpha value is -0.0497. The van der Waals surface area contributed by atoms with Gasteiger partial charge in [-0.2, -0.15) is 0 Å². The van der Waals surface area contributed by atoms with Gasteiger partial charge in [0.1, 0.15) is 0 Å². The number of hydrogen-bond acceptors (Lipinski definition) is 1. The maximum absolute atomic E-state index is 10.5. The van der Waals surface area contributed by atoms with Crippen LogP contribution in [-0.4, -0.2) is 5.91 Å². The Morgan fingerprint density at radius 3 is 1.67 bits per heavy atom. The quantitative estimate of drug-likeness (QED) is 0.224. The van der Waals surface area contributed by atoms with Crippen molar-refractivity contribution in [3.8, 4) is 0 Å². The van der Waals surface area contributed by atoms with E-state index in [0.717, 1.165) is 12.8 Å². The van der Waals surface area contributed by atoms with Crippen LogP contribution in [-0.2, 0) is 27.2 Å². The van der Waals surface area contributed by atoms with Gasteiger partial charge >= 0.3 is 0 Å². The van der Waals surface area contributed by atoms with Crippen LogP contribution in [0.1, 0.15) is 96.8 Å². The Morgan fingerprint density at radius 2 is 1.19 bits per heavy atom. The second-order valence-corrected chi connectivity index (χ2v) is 5.80. The first kappa shape index (κ1) is 23.2. The van der Waals surface area contributed by atoms with E-state index in [2.05, 4.69) is 19.1 Å². The van der Waals surface area contributed by atoms with Gasteiger partial charge in [0.25, 0.3) is 0 Å². The zero-order valence-electron chi connectivity index (χ0n) is 13.8. The van der Waals surface area contributed by atoms with E-state index in [9.17, 15) is 4.79 Å². The fourth-order valence-electron chi connectivity index (χ4n) is 2.37. The molecule has 2 N–H and O–H groups in total. The maximum Gasteiger partial charge on any atom is 0.217 e. The summed E-state index contributed by atoms with van der Waals surface area (Å²) in [5.41, 5.74) is 5.10. The van der Waals surface area contributed by atoms with Crippen molar-refractivity contribution < 1.29 is 27.2 Å². The van der Waals surface area contributed by atoms with E-state index in [1.54, 1.807) is 0 Å². The molecule has 0 aliphatic rings. The minimum absolute atomic E-state index is 0. The minimum atomic E-state index is -0.164. The summed E-state index contributed by atoms with van der Waals surface area (Å²) in [4.78, 5) is 10.5. The third kappa shape index (κ3) is 22.4. The molecule has 0 heterocycles. The molecule has 0 aromatic heterocycles. The van der Waals surface area contributed by atoms with Crippen LogP contribution in [0.3, 0.4) is 0 Å². The van der Waals surface area contributed by atoms with Gasteiger partial charge in [-0.3, -0.25) is 4.79 Å². The molecule has 0 saturated heterocycles. The molecular formula is C18H35AgNO. The van der Waals surface area contributed by atoms with Crippen molar-refractivity contribution in [3.63, 3.8) is 0 Å². The molecule has 0 aliphatic heterocycles. The summed E-state index contributed by atoms with van der Waals surface area (Å²) in [7, 11) is 0. The van der Waals surface area contributed by atoms with Crippen LogP contribution in [0.4, 0.5) is 0 Å². The average Bonchev–Trinajstić information content (AvgIpc) is 2.43. The molecule has 0 aliphatic carbocycles. The molecule has 0 aromatic rings. The summed E-state index contributed by atoms with van der Waals surface area (Å²) in [6.07, 6.45) is 21.9. The molecule has 0 bridgehead atoms. The molecule has 0 rings (SSSR count). The van der Waals surface area contributed by atoms with E-state index in [1.807, 2.05) is 0 Å². The molecule has 129 valence electrons. The minimum Gasteiger partial charge on any atom is -0.370 e. The number of carbonyl (C=O) groups is 1. The molecule has 0 aromatic carbocycles.